The second kappa shape index (κ2) is 5.86. The summed E-state index contributed by atoms with van der Waals surface area (Å²) in [6.45, 7) is 1.62. The van der Waals surface area contributed by atoms with Gasteiger partial charge in [0, 0.05) is 26.9 Å². The maximum atomic E-state index is 11.9. The fraction of sp³-hybridized carbons (Fsp3) is 0.667. The van der Waals surface area contributed by atoms with Crippen LogP contribution in [0.25, 0.3) is 0 Å². The van der Waals surface area contributed by atoms with Gasteiger partial charge < -0.3 is 14.8 Å². The highest BCUT2D eigenvalue weighted by Gasteiger charge is 2.24. The van der Waals surface area contributed by atoms with Crippen LogP contribution in [0.3, 0.4) is 0 Å². The lowest BCUT2D eigenvalue weighted by atomic mass is 10.3. The van der Waals surface area contributed by atoms with Crippen LogP contribution in [-0.2, 0) is 11.8 Å². The zero-order valence-corrected chi connectivity index (χ0v) is 10.8. The molecule has 1 aromatic heterocycles. The molecule has 0 bridgehead atoms. The molecule has 1 aromatic rings. The van der Waals surface area contributed by atoms with Gasteiger partial charge in [-0.1, -0.05) is 0 Å². The number of aromatic nitrogens is 2. The van der Waals surface area contributed by atoms with Gasteiger partial charge >= 0.3 is 0 Å². The van der Waals surface area contributed by atoms with Crippen LogP contribution in [-0.4, -0.2) is 42.6 Å². The summed E-state index contributed by atoms with van der Waals surface area (Å²) in [6.07, 6.45) is 4.09. The average molecular weight is 253 g/mol. The predicted molar refractivity (Wildman–Crippen MR) is 65.6 cm³/mol. The van der Waals surface area contributed by atoms with Crippen LogP contribution < -0.4 is 10.1 Å². The van der Waals surface area contributed by atoms with Crippen molar-refractivity contribution in [2.24, 2.45) is 13.0 Å². The topological polar surface area (TPSA) is 65.4 Å². The number of carbonyl (C=O) groups is 1. The Morgan fingerprint density at radius 3 is 3.06 bits per heavy atom. The van der Waals surface area contributed by atoms with E-state index in [1.54, 1.807) is 25.0 Å². The first-order chi connectivity index (χ1) is 8.70. The van der Waals surface area contributed by atoms with Crippen molar-refractivity contribution in [2.45, 2.75) is 12.8 Å². The molecule has 0 saturated heterocycles. The van der Waals surface area contributed by atoms with Gasteiger partial charge in [0.1, 0.15) is 5.56 Å². The van der Waals surface area contributed by atoms with E-state index in [2.05, 4.69) is 10.4 Å². The van der Waals surface area contributed by atoms with Crippen LogP contribution in [0.5, 0.6) is 5.88 Å². The number of nitrogens with one attached hydrogen (secondary N) is 1. The van der Waals surface area contributed by atoms with Crippen molar-refractivity contribution >= 4 is 5.91 Å². The van der Waals surface area contributed by atoms with Gasteiger partial charge in [0.25, 0.3) is 5.91 Å². The summed E-state index contributed by atoms with van der Waals surface area (Å²) in [5, 5.41) is 6.92. The van der Waals surface area contributed by atoms with Gasteiger partial charge in [0.05, 0.1) is 13.2 Å². The maximum Gasteiger partial charge on any atom is 0.258 e. The van der Waals surface area contributed by atoms with Gasteiger partial charge in [-0.25, -0.2) is 0 Å². The fourth-order valence-electron chi connectivity index (χ4n) is 1.57. The molecule has 100 valence electrons. The van der Waals surface area contributed by atoms with Crippen molar-refractivity contribution in [3.8, 4) is 5.88 Å². The summed E-state index contributed by atoms with van der Waals surface area (Å²) in [5.41, 5.74) is 0.481. The first-order valence-corrected chi connectivity index (χ1v) is 6.14. The summed E-state index contributed by atoms with van der Waals surface area (Å²) in [6, 6.07) is 0. The van der Waals surface area contributed by atoms with E-state index in [-0.39, 0.29) is 5.91 Å². The van der Waals surface area contributed by atoms with E-state index in [0.717, 1.165) is 0 Å². The molecule has 1 aliphatic carbocycles. The van der Waals surface area contributed by atoms with E-state index in [1.807, 2.05) is 0 Å². The molecule has 1 amide bonds. The number of carbonyl (C=O) groups excluding carboxylic acids is 1. The zero-order valence-electron chi connectivity index (χ0n) is 10.8. The summed E-state index contributed by atoms with van der Waals surface area (Å²) < 4.78 is 12.1. The number of hydrogen-bond donors (Lipinski definition) is 1. The molecule has 1 saturated carbocycles. The molecule has 2 rings (SSSR count). The van der Waals surface area contributed by atoms with Gasteiger partial charge in [-0.15, -0.1) is 5.10 Å². The molecule has 0 unspecified atom stereocenters. The average Bonchev–Trinajstić information content (AvgIpc) is 3.10. The van der Waals surface area contributed by atoms with E-state index in [9.17, 15) is 4.79 Å². The zero-order chi connectivity index (χ0) is 13.0. The minimum atomic E-state index is -0.175. The van der Waals surface area contributed by atoms with E-state index in [1.165, 1.54) is 12.8 Å². The van der Waals surface area contributed by atoms with Crippen LogP contribution in [0, 0.1) is 5.92 Å². The van der Waals surface area contributed by atoms with Crippen molar-refractivity contribution in [2.75, 3.05) is 26.9 Å². The van der Waals surface area contributed by atoms with Crippen molar-refractivity contribution in [3.05, 3.63) is 11.8 Å². The van der Waals surface area contributed by atoms with Crippen molar-refractivity contribution in [1.82, 2.24) is 15.1 Å². The Morgan fingerprint density at radius 1 is 1.61 bits per heavy atom. The summed E-state index contributed by atoms with van der Waals surface area (Å²) in [5.74, 6) is 0.877. The van der Waals surface area contributed by atoms with E-state index in [0.29, 0.717) is 37.1 Å². The van der Waals surface area contributed by atoms with Crippen LogP contribution in [0.4, 0.5) is 0 Å². The Morgan fingerprint density at radius 2 is 2.39 bits per heavy atom. The summed E-state index contributed by atoms with van der Waals surface area (Å²) >= 11 is 0. The molecule has 0 aromatic carbocycles. The second-order valence-corrected chi connectivity index (χ2v) is 4.52. The molecule has 18 heavy (non-hydrogen) atoms. The Balaban J connectivity index is 1.93. The molecule has 0 radical (unpaired) electrons. The third-order valence-corrected chi connectivity index (χ3v) is 2.78. The molecular weight excluding hydrogens is 234 g/mol. The van der Waals surface area contributed by atoms with Gasteiger partial charge in [-0.2, -0.15) is 0 Å². The summed E-state index contributed by atoms with van der Waals surface area (Å²) in [7, 11) is 3.37. The molecule has 0 atom stereocenters. The highest BCUT2D eigenvalue weighted by atomic mass is 16.5. The number of nitrogens with zero attached hydrogens (tertiary/aromatic N) is 2. The van der Waals surface area contributed by atoms with E-state index < -0.39 is 0 Å². The van der Waals surface area contributed by atoms with Crippen LogP contribution in [0.1, 0.15) is 23.2 Å². The standard InChI is InChI=1S/C12H19N3O3/c1-15-7-10(11(16)13-5-6-17-2)12(14-15)18-8-9-3-4-9/h7,9H,3-6,8H2,1-2H3,(H,13,16). The molecular formula is C12H19N3O3. The molecule has 0 spiro atoms. The first kappa shape index (κ1) is 12.9. The van der Waals surface area contributed by atoms with E-state index in [4.69, 9.17) is 9.47 Å². The highest BCUT2D eigenvalue weighted by molar-refractivity contribution is 5.96. The van der Waals surface area contributed by atoms with Crippen molar-refractivity contribution < 1.29 is 14.3 Å². The second-order valence-electron chi connectivity index (χ2n) is 4.52. The molecule has 6 heteroatoms. The van der Waals surface area contributed by atoms with Crippen molar-refractivity contribution in [1.29, 1.82) is 0 Å². The van der Waals surface area contributed by atoms with Gasteiger partial charge in [0.2, 0.25) is 5.88 Å². The third-order valence-electron chi connectivity index (χ3n) is 2.78. The Kier molecular flexibility index (Phi) is 4.19. The number of ether oxygens (including phenoxy) is 2. The Labute approximate surface area is 106 Å². The number of methoxy groups -OCH3 is 1. The monoisotopic (exact) mass is 253 g/mol. The van der Waals surface area contributed by atoms with Crippen LogP contribution >= 0.6 is 0 Å². The van der Waals surface area contributed by atoms with Crippen LogP contribution in [0.15, 0.2) is 6.20 Å². The maximum absolute atomic E-state index is 11.9. The number of hydrogen-bond acceptors (Lipinski definition) is 4. The molecule has 1 fully saturated rings. The lowest BCUT2D eigenvalue weighted by molar-refractivity contribution is 0.0932. The lowest BCUT2D eigenvalue weighted by Gasteiger charge is -2.05. The number of amides is 1. The summed E-state index contributed by atoms with van der Waals surface area (Å²) in [4.78, 5) is 11.9. The smallest absolute Gasteiger partial charge is 0.258 e. The molecule has 0 aliphatic heterocycles. The molecule has 1 heterocycles. The normalized spacial score (nSPS) is 14.6. The molecule has 1 N–H and O–H groups in total. The highest BCUT2D eigenvalue weighted by Crippen LogP contribution is 2.29. The minimum absolute atomic E-state index is 0.175. The molecule has 1 aliphatic rings. The SMILES string of the molecule is COCCNC(=O)c1cn(C)nc1OCC1CC1. The third kappa shape index (κ3) is 3.46. The van der Waals surface area contributed by atoms with Gasteiger partial charge in [0.15, 0.2) is 0 Å². The Hall–Kier alpha value is -1.56. The largest absolute Gasteiger partial charge is 0.476 e. The molecule has 6 nitrogen and oxygen atoms in total. The van der Waals surface area contributed by atoms with Crippen molar-refractivity contribution in [3.63, 3.8) is 0 Å². The number of rotatable bonds is 7. The van der Waals surface area contributed by atoms with E-state index >= 15 is 0 Å². The predicted octanol–water partition coefficient (Wildman–Crippen LogP) is 0.585. The van der Waals surface area contributed by atoms with Gasteiger partial charge in [-0.3, -0.25) is 9.48 Å². The fourth-order valence-corrected chi connectivity index (χ4v) is 1.57. The number of aryl methyl sites for hydroxylation is 1. The van der Waals surface area contributed by atoms with Gasteiger partial charge in [-0.05, 0) is 18.8 Å². The first-order valence-electron chi connectivity index (χ1n) is 6.14. The quantitative estimate of drug-likeness (QED) is 0.722. The van der Waals surface area contributed by atoms with Crippen LogP contribution in [0.2, 0.25) is 0 Å². The lowest BCUT2D eigenvalue weighted by Crippen LogP contribution is -2.27. The Bertz CT molecular complexity index is 413. The minimum Gasteiger partial charge on any atom is -0.476 e.